The highest BCUT2D eigenvalue weighted by molar-refractivity contribution is 5.92. The maximum absolute atomic E-state index is 12.9. The highest BCUT2D eigenvalue weighted by Gasteiger charge is 2.42. The van der Waals surface area contributed by atoms with Crippen LogP contribution in [0, 0.1) is 11.2 Å². The van der Waals surface area contributed by atoms with Crippen molar-refractivity contribution in [2.24, 2.45) is 5.41 Å². The lowest BCUT2D eigenvalue weighted by molar-refractivity contribution is -0.153. The summed E-state index contributed by atoms with van der Waals surface area (Å²) in [7, 11) is 0. The Labute approximate surface area is 157 Å². The summed E-state index contributed by atoms with van der Waals surface area (Å²) in [6.07, 6.45) is 4.42. The van der Waals surface area contributed by atoms with Crippen LogP contribution in [-0.4, -0.2) is 35.0 Å². The number of carboxylic acids is 1. The molecule has 0 aromatic heterocycles. The number of piperidine rings is 1. The molecule has 1 saturated heterocycles. The van der Waals surface area contributed by atoms with E-state index in [9.17, 15) is 19.1 Å². The number of hydrogen-bond acceptors (Lipinski definition) is 2. The molecule has 1 amide bonds. The van der Waals surface area contributed by atoms with Gasteiger partial charge in [0.25, 0.3) is 0 Å². The van der Waals surface area contributed by atoms with Gasteiger partial charge in [0.05, 0.1) is 5.41 Å². The van der Waals surface area contributed by atoms with Gasteiger partial charge in [0.15, 0.2) is 0 Å². The van der Waals surface area contributed by atoms with Crippen LogP contribution < -0.4 is 0 Å². The van der Waals surface area contributed by atoms with E-state index < -0.39 is 11.4 Å². The summed E-state index contributed by atoms with van der Waals surface area (Å²) in [4.78, 5) is 26.0. The van der Waals surface area contributed by atoms with Crippen molar-refractivity contribution in [1.82, 2.24) is 4.90 Å². The van der Waals surface area contributed by atoms with Crippen LogP contribution in [0.5, 0.6) is 0 Å². The number of halogens is 1. The maximum atomic E-state index is 12.9. The minimum atomic E-state index is -0.835. The zero-order valence-corrected chi connectivity index (χ0v) is 15.0. The third kappa shape index (κ3) is 4.61. The fourth-order valence-corrected chi connectivity index (χ4v) is 3.45. The average molecular weight is 367 g/mol. The number of likely N-dealkylation sites (tertiary alicyclic amines) is 1. The molecule has 1 fully saturated rings. The molecule has 0 spiro atoms. The number of carbonyl (C=O) groups excluding carboxylic acids is 1. The summed E-state index contributed by atoms with van der Waals surface area (Å²) >= 11 is 0. The Kier molecular flexibility index (Phi) is 5.69. The van der Waals surface area contributed by atoms with Gasteiger partial charge in [-0.1, -0.05) is 42.5 Å². The number of nitrogens with zero attached hydrogens (tertiary/aromatic N) is 1. The molecule has 2 aromatic rings. The van der Waals surface area contributed by atoms with E-state index in [4.69, 9.17) is 0 Å². The first-order valence-electron chi connectivity index (χ1n) is 8.98. The van der Waals surface area contributed by atoms with Crippen molar-refractivity contribution >= 4 is 18.0 Å². The summed E-state index contributed by atoms with van der Waals surface area (Å²) in [5.41, 5.74) is 0.903. The van der Waals surface area contributed by atoms with Gasteiger partial charge < -0.3 is 10.0 Å². The van der Waals surface area contributed by atoms with Crippen LogP contribution in [0.15, 0.2) is 60.7 Å². The van der Waals surface area contributed by atoms with E-state index in [1.54, 1.807) is 23.1 Å². The van der Waals surface area contributed by atoms with E-state index in [-0.39, 0.29) is 11.7 Å². The van der Waals surface area contributed by atoms with Crippen molar-refractivity contribution in [3.05, 3.63) is 77.6 Å². The largest absolute Gasteiger partial charge is 0.481 e. The number of amides is 1. The normalized spacial score (nSPS) is 16.4. The Morgan fingerprint density at radius 3 is 2.26 bits per heavy atom. The molecular formula is C22H22FNO3. The van der Waals surface area contributed by atoms with Gasteiger partial charge in [-0.15, -0.1) is 0 Å². The standard InChI is InChI=1S/C22H22FNO3/c23-19-9-6-17(7-10-19)8-11-20(25)24-14-12-22(13-15-24,21(26)27)16-18-4-2-1-3-5-18/h1-11H,12-16H2,(H,26,27)/b11-8+. The molecule has 1 aliphatic heterocycles. The molecule has 4 nitrogen and oxygen atoms in total. The summed E-state index contributed by atoms with van der Waals surface area (Å²) < 4.78 is 12.9. The minimum Gasteiger partial charge on any atom is -0.481 e. The molecule has 0 saturated carbocycles. The van der Waals surface area contributed by atoms with Crippen molar-refractivity contribution < 1.29 is 19.1 Å². The van der Waals surface area contributed by atoms with Crippen molar-refractivity contribution in [1.29, 1.82) is 0 Å². The Hall–Kier alpha value is -2.95. The molecule has 5 heteroatoms. The third-order valence-corrected chi connectivity index (χ3v) is 5.16. The van der Waals surface area contributed by atoms with Crippen molar-refractivity contribution in [2.45, 2.75) is 19.3 Å². The van der Waals surface area contributed by atoms with Crippen LogP contribution in [0.3, 0.4) is 0 Å². The fraction of sp³-hybridized carbons (Fsp3) is 0.273. The first kappa shape index (κ1) is 18.8. The third-order valence-electron chi connectivity index (χ3n) is 5.16. The van der Waals surface area contributed by atoms with E-state index in [0.29, 0.717) is 32.4 Å². The Bertz CT molecular complexity index is 822. The molecule has 1 heterocycles. The lowest BCUT2D eigenvalue weighted by Crippen LogP contribution is -2.47. The molecule has 1 N–H and O–H groups in total. The first-order chi connectivity index (χ1) is 13.0. The van der Waals surface area contributed by atoms with Gasteiger partial charge in [-0.25, -0.2) is 4.39 Å². The van der Waals surface area contributed by atoms with Gasteiger partial charge in [-0.3, -0.25) is 9.59 Å². The molecule has 0 unspecified atom stereocenters. The van der Waals surface area contributed by atoms with Crippen molar-refractivity contribution in [2.75, 3.05) is 13.1 Å². The lowest BCUT2D eigenvalue weighted by atomic mass is 9.74. The van der Waals surface area contributed by atoms with Crippen LogP contribution in [0.25, 0.3) is 6.08 Å². The number of carboxylic acid groups (broad SMARTS) is 1. The van der Waals surface area contributed by atoms with Gasteiger partial charge in [0, 0.05) is 19.2 Å². The predicted octanol–water partition coefficient (Wildman–Crippen LogP) is 3.78. The van der Waals surface area contributed by atoms with Gasteiger partial charge in [-0.2, -0.15) is 0 Å². The van der Waals surface area contributed by atoms with Crippen molar-refractivity contribution in [3.63, 3.8) is 0 Å². The van der Waals surface area contributed by atoms with Gasteiger partial charge in [0.2, 0.25) is 5.91 Å². The molecule has 3 rings (SSSR count). The molecular weight excluding hydrogens is 345 g/mol. The summed E-state index contributed by atoms with van der Waals surface area (Å²) in [6, 6.07) is 15.5. The lowest BCUT2D eigenvalue weighted by Gasteiger charge is -2.38. The second kappa shape index (κ2) is 8.16. The van der Waals surface area contributed by atoms with E-state index in [1.807, 2.05) is 30.3 Å². The Morgan fingerprint density at radius 1 is 1.04 bits per heavy atom. The van der Waals surface area contributed by atoms with Crippen LogP contribution in [0.2, 0.25) is 0 Å². The second-order valence-electron chi connectivity index (χ2n) is 6.96. The predicted molar refractivity (Wildman–Crippen MR) is 101 cm³/mol. The number of benzene rings is 2. The van der Waals surface area contributed by atoms with Gasteiger partial charge in [0.1, 0.15) is 5.82 Å². The van der Waals surface area contributed by atoms with Crippen molar-refractivity contribution in [3.8, 4) is 0 Å². The summed E-state index contributed by atoms with van der Waals surface area (Å²) in [6.45, 7) is 0.817. The van der Waals surface area contributed by atoms with E-state index >= 15 is 0 Å². The zero-order valence-electron chi connectivity index (χ0n) is 15.0. The van der Waals surface area contributed by atoms with E-state index in [1.165, 1.54) is 18.2 Å². The van der Waals surface area contributed by atoms with Gasteiger partial charge >= 0.3 is 5.97 Å². The Balaban J connectivity index is 1.63. The highest BCUT2D eigenvalue weighted by Crippen LogP contribution is 2.35. The van der Waals surface area contributed by atoms with Crippen LogP contribution in [0.1, 0.15) is 24.0 Å². The van der Waals surface area contributed by atoms with Crippen LogP contribution >= 0.6 is 0 Å². The van der Waals surface area contributed by atoms with Gasteiger partial charge in [-0.05, 0) is 48.6 Å². The van der Waals surface area contributed by atoms with Crippen LogP contribution in [-0.2, 0) is 16.0 Å². The maximum Gasteiger partial charge on any atom is 0.310 e. The number of carbonyl (C=O) groups is 2. The molecule has 2 aromatic carbocycles. The minimum absolute atomic E-state index is 0.155. The van der Waals surface area contributed by atoms with Crippen LogP contribution in [0.4, 0.5) is 4.39 Å². The Morgan fingerprint density at radius 2 is 1.67 bits per heavy atom. The molecule has 0 bridgehead atoms. The molecule has 140 valence electrons. The fourth-order valence-electron chi connectivity index (χ4n) is 3.45. The molecule has 0 atom stereocenters. The topological polar surface area (TPSA) is 57.6 Å². The average Bonchev–Trinajstić information content (AvgIpc) is 2.68. The number of hydrogen-bond donors (Lipinski definition) is 1. The quantitative estimate of drug-likeness (QED) is 0.819. The van der Waals surface area contributed by atoms with E-state index in [0.717, 1.165) is 11.1 Å². The molecule has 0 aliphatic carbocycles. The first-order valence-corrected chi connectivity index (χ1v) is 8.98. The monoisotopic (exact) mass is 367 g/mol. The summed E-state index contributed by atoms with van der Waals surface area (Å²) in [5, 5.41) is 9.80. The second-order valence-corrected chi connectivity index (χ2v) is 6.96. The smallest absolute Gasteiger partial charge is 0.310 e. The summed E-state index contributed by atoms with van der Waals surface area (Å²) in [5.74, 6) is -1.28. The molecule has 0 radical (unpaired) electrons. The highest BCUT2D eigenvalue weighted by atomic mass is 19.1. The SMILES string of the molecule is O=C(/C=C/c1ccc(F)cc1)N1CCC(Cc2ccccc2)(C(=O)O)CC1. The number of aliphatic carboxylic acids is 1. The number of rotatable bonds is 5. The zero-order chi connectivity index (χ0) is 19.3. The molecule has 1 aliphatic rings. The molecule has 27 heavy (non-hydrogen) atoms. The van der Waals surface area contributed by atoms with E-state index in [2.05, 4.69) is 0 Å².